The maximum Gasteiger partial charge on any atom is 0.369 e. The summed E-state index contributed by atoms with van der Waals surface area (Å²) in [6.45, 7) is -0.205. The van der Waals surface area contributed by atoms with Crippen molar-refractivity contribution >= 4 is 38.7 Å². The van der Waals surface area contributed by atoms with E-state index < -0.39 is 44.5 Å². The minimum absolute atomic E-state index is 0.00966. The van der Waals surface area contributed by atoms with Crippen molar-refractivity contribution < 1.29 is 53.3 Å². The first-order valence-corrected chi connectivity index (χ1v) is 12.1. The van der Waals surface area contributed by atoms with E-state index in [-0.39, 0.29) is 37.8 Å². The zero-order valence-corrected chi connectivity index (χ0v) is 18.0. The smallest absolute Gasteiger partial charge is 0.369 e. The predicted molar refractivity (Wildman–Crippen MR) is 107 cm³/mol. The van der Waals surface area contributed by atoms with Crippen molar-refractivity contribution in [3.05, 3.63) is 29.8 Å². The predicted octanol–water partition coefficient (Wildman–Crippen LogP) is 0.391. The molecule has 0 saturated carbocycles. The summed E-state index contributed by atoms with van der Waals surface area (Å²) < 4.78 is 22.4. The fourth-order valence-corrected chi connectivity index (χ4v) is 4.69. The van der Waals surface area contributed by atoms with E-state index >= 15 is 0 Å². The third-order valence-corrected chi connectivity index (χ3v) is 8.04. The Labute approximate surface area is 176 Å². The molecule has 0 aliphatic carbocycles. The first-order chi connectivity index (χ1) is 14.2. The SMILES string of the molecule is O=C(CCCC(=O)Nc1ccc(C(=O)O)cc1)NCCCC(O)(P(=O)(O)O)P(=O)(O)O. The lowest BCUT2D eigenvalue weighted by molar-refractivity contribution is -0.121. The first kappa shape index (κ1) is 26.9. The van der Waals surface area contributed by atoms with Gasteiger partial charge in [-0.05, 0) is 37.1 Å². The Balaban J connectivity index is 2.34. The topological polar surface area (TPSA) is 231 Å². The summed E-state index contributed by atoms with van der Waals surface area (Å²) in [5.74, 6) is -2.00. The van der Waals surface area contributed by atoms with Crippen molar-refractivity contribution in [1.29, 1.82) is 0 Å². The summed E-state index contributed by atoms with van der Waals surface area (Å²) in [5, 5.41) is 19.9. The Kier molecular flexibility index (Phi) is 9.52. The number of carboxylic acids is 1. The van der Waals surface area contributed by atoms with Crippen LogP contribution in [0.4, 0.5) is 5.69 Å². The van der Waals surface area contributed by atoms with Crippen LogP contribution >= 0.6 is 15.2 Å². The second kappa shape index (κ2) is 11.0. The van der Waals surface area contributed by atoms with Crippen molar-refractivity contribution in [2.24, 2.45) is 0 Å². The van der Waals surface area contributed by atoms with Gasteiger partial charge in [-0.2, -0.15) is 0 Å². The van der Waals surface area contributed by atoms with Crippen LogP contribution < -0.4 is 10.6 Å². The van der Waals surface area contributed by atoms with Gasteiger partial charge in [0.05, 0.1) is 5.56 Å². The first-order valence-electron chi connectivity index (χ1n) is 8.91. The molecule has 0 aliphatic rings. The number of carbonyl (C=O) groups excluding carboxylic acids is 2. The molecule has 1 aromatic rings. The van der Waals surface area contributed by atoms with Gasteiger partial charge in [-0.1, -0.05) is 0 Å². The number of benzene rings is 1. The number of carboxylic acid groups (broad SMARTS) is 1. The number of anilines is 1. The number of rotatable bonds is 12. The molecule has 0 aromatic heterocycles. The van der Waals surface area contributed by atoms with Gasteiger partial charge in [-0.3, -0.25) is 18.7 Å². The molecular weight excluding hydrogens is 458 g/mol. The second-order valence-corrected chi connectivity index (χ2v) is 10.6. The summed E-state index contributed by atoms with van der Waals surface area (Å²) in [6.07, 6.45) is -1.16. The standard InChI is InChI=1S/C16H24N2O11P2/c19-13(17-10-2-9-16(23,30(24,25)26)31(27,28)29)3-1-4-14(20)18-12-7-5-11(6-8-12)15(21)22/h5-8,23H,1-4,9-10H2,(H,17,19)(H,18,20)(H,21,22)(H2,24,25,26)(H2,27,28,29). The quantitative estimate of drug-likeness (QED) is 0.150. The molecule has 0 heterocycles. The van der Waals surface area contributed by atoms with E-state index in [4.69, 9.17) is 24.7 Å². The van der Waals surface area contributed by atoms with Crippen LogP contribution in [0.5, 0.6) is 0 Å². The molecule has 0 radical (unpaired) electrons. The van der Waals surface area contributed by atoms with Gasteiger partial charge in [0.2, 0.25) is 11.8 Å². The van der Waals surface area contributed by atoms with E-state index in [0.717, 1.165) is 0 Å². The molecule has 0 bridgehead atoms. The number of nitrogens with one attached hydrogen (secondary N) is 2. The minimum Gasteiger partial charge on any atom is -0.478 e. The molecule has 0 fully saturated rings. The van der Waals surface area contributed by atoms with E-state index in [1.807, 2.05) is 0 Å². The highest BCUT2D eigenvalue weighted by molar-refractivity contribution is 7.72. The van der Waals surface area contributed by atoms with E-state index in [1.165, 1.54) is 24.3 Å². The Hall–Kier alpha value is -2.11. The van der Waals surface area contributed by atoms with Crippen LogP contribution in [0.2, 0.25) is 0 Å². The summed E-state index contributed by atoms with van der Waals surface area (Å²) in [5.41, 5.74) is 0.455. The van der Waals surface area contributed by atoms with Gasteiger partial charge in [-0.15, -0.1) is 0 Å². The highest BCUT2D eigenvalue weighted by Crippen LogP contribution is 2.69. The molecule has 0 aliphatic heterocycles. The summed E-state index contributed by atoms with van der Waals surface area (Å²) >= 11 is 0. The van der Waals surface area contributed by atoms with Gasteiger partial charge in [-0.25, -0.2) is 4.79 Å². The summed E-state index contributed by atoms with van der Waals surface area (Å²) in [6, 6.07) is 5.49. The largest absolute Gasteiger partial charge is 0.478 e. The number of hydrogen-bond acceptors (Lipinski definition) is 6. The number of carbonyl (C=O) groups is 3. The molecule has 174 valence electrons. The molecule has 2 amide bonds. The molecule has 31 heavy (non-hydrogen) atoms. The van der Waals surface area contributed by atoms with Crippen LogP contribution in [-0.2, 0) is 18.7 Å². The highest BCUT2D eigenvalue weighted by Gasteiger charge is 2.58. The maximum atomic E-state index is 11.8. The van der Waals surface area contributed by atoms with Crippen LogP contribution in [0.1, 0.15) is 42.5 Å². The van der Waals surface area contributed by atoms with Gasteiger partial charge in [0.1, 0.15) is 0 Å². The molecule has 0 atom stereocenters. The number of aliphatic hydroxyl groups is 1. The van der Waals surface area contributed by atoms with E-state index in [9.17, 15) is 28.6 Å². The third kappa shape index (κ3) is 8.15. The monoisotopic (exact) mass is 482 g/mol. The Morgan fingerprint density at radius 2 is 1.39 bits per heavy atom. The van der Waals surface area contributed by atoms with Gasteiger partial charge in [0, 0.05) is 31.5 Å². The van der Waals surface area contributed by atoms with Crippen molar-refractivity contribution in [3.63, 3.8) is 0 Å². The van der Waals surface area contributed by atoms with Crippen LogP contribution in [0.3, 0.4) is 0 Å². The molecular formula is C16H24N2O11P2. The average Bonchev–Trinajstić information content (AvgIpc) is 2.63. The Morgan fingerprint density at radius 1 is 0.871 bits per heavy atom. The van der Waals surface area contributed by atoms with E-state index in [0.29, 0.717) is 5.69 Å². The number of amides is 2. The lowest BCUT2D eigenvalue weighted by atomic mass is 10.2. The van der Waals surface area contributed by atoms with E-state index in [2.05, 4.69) is 10.6 Å². The fourth-order valence-electron chi connectivity index (χ4n) is 2.43. The average molecular weight is 482 g/mol. The number of aromatic carboxylic acids is 1. The molecule has 15 heteroatoms. The van der Waals surface area contributed by atoms with Crippen LogP contribution in [0, 0.1) is 0 Å². The van der Waals surface area contributed by atoms with Crippen LogP contribution in [0.15, 0.2) is 24.3 Å². The van der Waals surface area contributed by atoms with Gasteiger partial charge in [0.25, 0.3) is 5.08 Å². The van der Waals surface area contributed by atoms with Crippen molar-refractivity contribution in [2.45, 2.75) is 37.2 Å². The maximum absolute atomic E-state index is 11.8. The van der Waals surface area contributed by atoms with Crippen LogP contribution in [0.25, 0.3) is 0 Å². The van der Waals surface area contributed by atoms with Gasteiger partial charge >= 0.3 is 21.2 Å². The van der Waals surface area contributed by atoms with Crippen molar-refractivity contribution in [3.8, 4) is 0 Å². The molecule has 1 rings (SSSR count). The Bertz CT molecular complexity index is 869. The summed E-state index contributed by atoms with van der Waals surface area (Å²) in [4.78, 5) is 70.4. The van der Waals surface area contributed by atoms with Crippen LogP contribution in [-0.4, -0.2) is 59.2 Å². The Morgan fingerprint density at radius 3 is 1.87 bits per heavy atom. The highest BCUT2D eigenvalue weighted by atomic mass is 31.2. The zero-order chi connectivity index (χ0) is 23.9. The fraction of sp³-hybridized carbons (Fsp3) is 0.438. The number of hydrogen-bond donors (Lipinski definition) is 8. The normalized spacial score (nSPS) is 12.3. The molecule has 1 aromatic carbocycles. The van der Waals surface area contributed by atoms with Crippen molar-refractivity contribution in [1.82, 2.24) is 5.32 Å². The van der Waals surface area contributed by atoms with Gasteiger partial charge < -0.3 is 40.4 Å². The summed E-state index contributed by atoms with van der Waals surface area (Å²) in [7, 11) is -11.1. The second-order valence-electron chi connectivity index (χ2n) is 6.60. The third-order valence-electron chi connectivity index (χ3n) is 4.17. The molecule has 0 spiro atoms. The van der Waals surface area contributed by atoms with Crippen molar-refractivity contribution in [2.75, 3.05) is 11.9 Å². The minimum atomic E-state index is -5.53. The van der Waals surface area contributed by atoms with E-state index in [1.54, 1.807) is 0 Å². The molecule has 8 N–H and O–H groups in total. The van der Waals surface area contributed by atoms with Gasteiger partial charge in [0.15, 0.2) is 0 Å². The lowest BCUT2D eigenvalue weighted by Gasteiger charge is -2.29. The molecule has 0 unspecified atom stereocenters. The molecule has 13 nitrogen and oxygen atoms in total. The molecule has 0 saturated heterocycles. The zero-order valence-electron chi connectivity index (χ0n) is 16.2. The lowest BCUT2D eigenvalue weighted by Crippen LogP contribution is -2.31.